The van der Waals surface area contributed by atoms with Gasteiger partial charge in [-0.2, -0.15) is 0 Å². The molecule has 2 nitrogen and oxygen atoms in total. The van der Waals surface area contributed by atoms with Gasteiger partial charge in [0.25, 0.3) is 0 Å². The Labute approximate surface area is 54.9 Å². The van der Waals surface area contributed by atoms with Gasteiger partial charge in [-0.3, -0.25) is 4.79 Å². The lowest BCUT2D eigenvalue weighted by Gasteiger charge is -1.89. The van der Waals surface area contributed by atoms with E-state index in [0.717, 1.165) is 18.8 Å². The number of carbonyl (C=O) groups is 1. The van der Waals surface area contributed by atoms with Crippen LogP contribution in [0.3, 0.4) is 0 Å². The number of carboxylic acid groups (broad SMARTS) is 1. The zero-order chi connectivity index (χ0) is 6.85. The summed E-state index contributed by atoms with van der Waals surface area (Å²) in [5.41, 5.74) is 0. The molecule has 0 unspecified atom stereocenters. The molecular weight excluding hydrogens is 116 g/mol. The Hall–Kier alpha value is -0.530. The molecule has 1 fully saturated rings. The number of hydrogen-bond acceptors (Lipinski definition) is 1. The van der Waals surface area contributed by atoms with Gasteiger partial charge in [0.1, 0.15) is 0 Å². The van der Waals surface area contributed by atoms with Gasteiger partial charge in [0, 0.05) is 6.42 Å². The number of carboxylic acids is 1. The minimum absolute atomic E-state index is 0.387. The first-order chi connectivity index (χ1) is 4.24. The van der Waals surface area contributed by atoms with Crippen molar-refractivity contribution in [2.75, 3.05) is 0 Å². The van der Waals surface area contributed by atoms with Crippen molar-refractivity contribution in [1.82, 2.24) is 0 Å². The van der Waals surface area contributed by atoms with E-state index in [-0.39, 0.29) is 0 Å². The van der Waals surface area contributed by atoms with Gasteiger partial charge in [0.05, 0.1) is 0 Å². The van der Waals surface area contributed by atoms with Crippen LogP contribution in [0.15, 0.2) is 0 Å². The largest absolute Gasteiger partial charge is 0.481 e. The second kappa shape index (κ2) is 2.38. The Balaban J connectivity index is 2.12. The predicted molar refractivity (Wildman–Crippen MR) is 34.1 cm³/mol. The fraction of sp³-hybridized carbons (Fsp3) is 0.857. The summed E-state index contributed by atoms with van der Waals surface area (Å²) in [4.78, 5) is 10.1. The van der Waals surface area contributed by atoms with Crippen molar-refractivity contribution in [3.05, 3.63) is 0 Å². The van der Waals surface area contributed by atoms with E-state index in [1.54, 1.807) is 0 Å². The molecule has 0 saturated heterocycles. The van der Waals surface area contributed by atoms with Crippen molar-refractivity contribution in [1.29, 1.82) is 0 Å². The van der Waals surface area contributed by atoms with E-state index in [2.05, 4.69) is 6.92 Å². The molecule has 0 bridgehead atoms. The Morgan fingerprint density at radius 3 is 2.67 bits per heavy atom. The van der Waals surface area contributed by atoms with Gasteiger partial charge >= 0.3 is 5.97 Å². The van der Waals surface area contributed by atoms with Crippen molar-refractivity contribution < 1.29 is 9.90 Å². The smallest absolute Gasteiger partial charge is 0.303 e. The van der Waals surface area contributed by atoms with Crippen molar-refractivity contribution in [2.24, 2.45) is 11.8 Å². The molecule has 0 aromatic carbocycles. The zero-order valence-corrected chi connectivity index (χ0v) is 5.63. The second-order valence-electron chi connectivity index (χ2n) is 2.76. The molecule has 2 atom stereocenters. The molecule has 1 N–H and O–H groups in total. The van der Waals surface area contributed by atoms with E-state index in [4.69, 9.17) is 5.11 Å². The van der Waals surface area contributed by atoms with Crippen LogP contribution in [0.1, 0.15) is 26.2 Å². The molecule has 9 heavy (non-hydrogen) atoms. The monoisotopic (exact) mass is 128 g/mol. The van der Waals surface area contributed by atoms with Crippen molar-refractivity contribution in [2.45, 2.75) is 26.2 Å². The summed E-state index contributed by atoms with van der Waals surface area (Å²) in [7, 11) is 0. The van der Waals surface area contributed by atoms with Crippen molar-refractivity contribution >= 4 is 5.97 Å². The van der Waals surface area contributed by atoms with Crippen LogP contribution < -0.4 is 0 Å². The highest BCUT2D eigenvalue weighted by Gasteiger charge is 2.36. The molecule has 1 aliphatic carbocycles. The van der Waals surface area contributed by atoms with Crippen LogP contribution in [0.2, 0.25) is 0 Å². The standard InChI is InChI=1S/C7H12O2/c1-2-5-3-6(5)4-7(8)9/h5-6H,2-4H2,1H3,(H,8,9)/t5-,6+/m1/s1. The molecule has 0 aromatic rings. The van der Waals surface area contributed by atoms with Crippen molar-refractivity contribution in [3.63, 3.8) is 0 Å². The molecule has 1 rings (SSSR count). The third-order valence-electron chi connectivity index (χ3n) is 2.03. The highest BCUT2D eigenvalue weighted by Crippen LogP contribution is 2.43. The highest BCUT2D eigenvalue weighted by molar-refractivity contribution is 5.67. The fourth-order valence-electron chi connectivity index (χ4n) is 1.28. The molecule has 0 amide bonds. The minimum atomic E-state index is -0.643. The van der Waals surface area contributed by atoms with E-state index in [9.17, 15) is 4.79 Å². The van der Waals surface area contributed by atoms with Gasteiger partial charge in [0.15, 0.2) is 0 Å². The molecule has 0 aromatic heterocycles. The Bertz CT molecular complexity index is 120. The Morgan fingerprint density at radius 2 is 2.33 bits per heavy atom. The fourth-order valence-corrected chi connectivity index (χ4v) is 1.28. The first-order valence-electron chi connectivity index (χ1n) is 3.45. The van der Waals surface area contributed by atoms with E-state index in [0.29, 0.717) is 12.3 Å². The Morgan fingerprint density at radius 1 is 1.67 bits per heavy atom. The lowest BCUT2D eigenvalue weighted by Crippen LogP contribution is -1.96. The minimum Gasteiger partial charge on any atom is -0.481 e. The van der Waals surface area contributed by atoms with Crippen LogP contribution >= 0.6 is 0 Å². The van der Waals surface area contributed by atoms with Crippen LogP contribution in [0.4, 0.5) is 0 Å². The maximum Gasteiger partial charge on any atom is 0.303 e. The van der Waals surface area contributed by atoms with Gasteiger partial charge in [-0.05, 0) is 18.3 Å². The van der Waals surface area contributed by atoms with Gasteiger partial charge in [-0.25, -0.2) is 0 Å². The van der Waals surface area contributed by atoms with E-state index in [1.165, 1.54) is 0 Å². The number of hydrogen-bond donors (Lipinski definition) is 1. The predicted octanol–water partition coefficient (Wildman–Crippen LogP) is 1.51. The molecule has 52 valence electrons. The lowest BCUT2D eigenvalue weighted by atomic mass is 10.2. The average molecular weight is 128 g/mol. The second-order valence-corrected chi connectivity index (χ2v) is 2.76. The summed E-state index contributed by atoms with van der Waals surface area (Å²) >= 11 is 0. The summed E-state index contributed by atoms with van der Waals surface area (Å²) in [5.74, 6) is 0.588. The highest BCUT2D eigenvalue weighted by atomic mass is 16.4. The Kier molecular flexibility index (Phi) is 1.74. The normalized spacial score (nSPS) is 32.1. The quantitative estimate of drug-likeness (QED) is 0.625. The topological polar surface area (TPSA) is 37.3 Å². The summed E-state index contributed by atoms with van der Waals surface area (Å²) < 4.78 is 0. The van der Waals surface area contributed by atoms with E-state index in [1.807, 2.05) is 0 Å². The average Bonchev–Trinajstić information content (AvgIpc) is 2.45. The zero-order valence-electron chi connectivity index (χ0n) is 5.63. The summed E-state index contributed by atoms with van der Waals surface area (Å²) in [6.07, 6.45) is 2.68. The molecule has 0 aliphatic heterocycles. The van der Waals surface area contributed by atoms with Crippen LogP contribution in [0.25, 0.3) is 0 Å². The lowest BCUT2D eigenvalue weighted by molar-refractivity contribution is -0.137. The molecule has 1 saturated carbocycles. The van der Waals surface area contributed by atoms with E-state index >= 15 is 0 Å². The summed E-state index contributed by atoms with van der Waals surface area (Å²) in [6, 6.07) is 0. The molecule has 0 radical (unpaired) electrons. The molecule has 1 aliphatic rings. The first kappa shape index (κ1) is 6.59. The first-order valence-corrected chi connectivity index (χ1v) is 3.45. The van der Waals surface area contributed by atoms with Crippen LogP contribution in [-0.2, 0) is 4.79 Å². The maximum absolute atomic E-state index is 10.1. The molecular formula is C7H12O2. The van der Waals surface area contributed by atoms with Crippen LogP contribution in [-0.4, -0.2) is 11.1 Å². The van der Waals surface area contributed by atoms with Gasteiger partial charge in [-0.15, -0.1) is 0 Å². The van der Waals surface area contributed by atoms with Crippen LogP contribution in [0, 0.1) is 11.8 Å². The van der Waals surface area contributed by atoms with Gasteiger partial charge in [0.2, 0.25) is 0 Å². The SMILES string of the molecule is CC[C@@H]1C[C@H]1CC(=O)O. The molecule has 0 heterocycles. The number of aliphatic carboxylic acids is 1. The molecule has 0 spiro atoms. The number of rotatable bonds is 3. The van der Waals surface area contributed by atoms with Gasteiger partial charge < -0.3 is 5.11 Å². The summed E-state index contributed by atoms with van der Waals surface area (Å²) in [5, 5.41) is 8.34. The van der Waals surface area contributed by atoms with Crippen LogP contribution in [0.5, 0.6) is 0 Å². The van der Waals surface area contributed by atoms with Crippen molar-refractivity contribution in [3.8, 4) is 0 Å². The maximum atomic E-state index is 10.1. The van der Waals surface area contributed by atoms with E-state index < -0.39 is 5.97 Å². The third-order valence-corrected chi connectivity index (χ3v) is 2.03. The summed E-state index contributed by atoms with van der Waals surface area (Å²) in [6.45, 7) is 2.12. The third kappa shape index (κ3) is 1.70. The van der Waals surface area contributed by atoms with Gasteiger partial charge in [-0.1, -0.05) is 13.3 Å². The molecule has 2 heteroatoms.